The molecule has 16 heavy (non-hydrogen) atoms. The number of carbonyl (C=O) groups excluding carboxylic acids is 1. The number of Topliss-reactive ketones (excluding diaryl/α,β-unsaturated/α-hetero) is 1. The SMILES string of the molecule is C[C@@H]1CCC/C(=C\c2cccc(O)c2)C1=O. The number of hydrogen-bond acceptors (Lipinski definition) is 2. The molecule has 0 bridgehead atoms. The molecule has 0 aliphatic heterocycles. The van der Waals surface area contributed by atoms with Crippen molar-refractivity contribution in [3.63, 3.8) is 0 Å². The Bertz CT molecular complexity index is 432. The van der Waals surface area contributed by atoms with E-state index < -0.39 is 0 Å². The highest BCUT2D eigenvalue weighted by atomic mass is 16.3. The smallest absolute Gasteiger partial charge is 0.161 e. The second-order valence-electron chi connectivity index (χ2n) is 4.42. The predicted molar refractivity (Wildman–Crippen MR) is 64.1 cm³/mol. The van der Waals surface area contributed by atoms with E-state index in [0.717, 1.165) is 30.4 Å². The second-order valence-corrected chi connectivity index (χ2v) is 4.42. The molecule has 0 unspecified atom stereocenters. The quantitative estimate of drug-likeness (QED) is 0.732. The van der Waals surface area contributed by atoms with Crippen molar-refractivity contribution in [2.45, 2.75) is 26.2 Å². The van der Waals surface area contributed by atoms with Crippen molar-refractivity contribution in [3.8, 4) is 5.75 Å². The first-order valence-electron chi connectivity index (χ1n) is 5.70. The molecule has 2 rings (SSSR count). The van der Waals surface area contributed by atoms with Crippen LogP contribution < -0.4 is 0 Å². The van der Waals surface area contributed by atoms with Crippen LogP contribution in [0.15, 0.2) is 29.8 Å². The summed E-state index contributed by atoms with van der Waals surface area (Å²) < 4.78 is 0. The number of carbonyl (C=O) groups is 1. The van der Waals surface area contributed by atoms with Crippen molar-refractivity contribution < 1.29 is 9.90 Å². The molecule has 2 nitrogen and oxygen atoms in total. The summed E-state index contributed by atoms with van der Waals surface area (Å²) in [6.07, 6.45) is 4.84. The highest BCUT2D eigenvalue weighted by Gasteiger charge is 2.22. The number of hydrogen-bond donors (Lipinski definition) is 1. The van der Waals surface area contributed by atoms with Crippen LogP contribution in [0.1, 0.15) is 31.7 Å². The first-order chi connectivity index (χ1) is 7.66. The van der Waals surface area contributed by atoms with Crippen LogP contribution in [0.4, 0.5) is 0 Å². The molecule has 0 heterocycles. The zero-order valence-corrected chi connectivity index (χ0v) is 9.44. The molecule has 0 aromatic heterocycles. The van der Waals surface area contributed by atoms with Gasteiger partial charge in [0.25, 0.3) is 0 Å². The predicted octanol–water partition coefficient (Wildman–Crippen LogP) is 3.16. The Balaban J connectivity index is 2.26. The average molecular weight is 216 g/mol. The van der Waals surface area contributed by atoms with Crippen LogP contribution in [0.5, 0.6) is 5.75 Å². The fraction of sp³-hybridized carbons (Fsp3) is 0.357. The topological polar surface area (TPSA) is 37.3 Å². The molecular weight excluding hydrogens is 200 g/mol. The minimum Gasteiger partial charge on any atom is -0.508 e. The Hall–Kier alpha value is -1.57. The molecule has 1 N–H and O–H groups in total. The number of rotatable bonds is 1. The van der Waals surface area contributed by atoms with Gasteiger partial charge in [0.15, 0.2) is 5.78 Å². The van der Waals surface area contributed by atoms with E-state index in [9.17, 15) is 9.90 Å². The van der Waals surface area contributed by atoms with Gasteiger partial charge < -0.3 is 5.11 Å². The van der Waals surface area contributed by atoms with Crippen LogP contribution in [0.3, 0.4) is 0 Å². The maximum absolute atomic E-state index is 11.9. The molecule has 0 amide bonds. The van der Waals surface area contributed by atoms with Gasteiger partial charge in [0, 0.05) is 5.92 Å². The van der Waals surface area contributed by atoms with Gasteiger partial charge in [-0.2, -0.15) is 0 Å². The molecule has 2 heteroatoms. The molecule has 1 saturated carbocycles. The van der Waals surface area contributed by atoms with E-state index >= 15 is 0 Å². The summed E-state index contributed by atoms with van der Waals surface area (Å²) in [6.45, 7) is 1.98. The van der Waals surface area contributed by atoms with Crippen LogP contribution in [-0.4, -0.2) is 10.9 Å². The van der Waals surface area contributed by atoms with E-state index in [4.69, 9.17) is 0 Å². The van der Waals surface area contributed by atoms with Crippen LogP contribution in [-0.2, 0) is 4.79 Å². The maximum Gasteiger partial charge on any atom is 0.161 e. The van der Waals surface area contributed by atoms with Gasteiger partial charge in [-0.25, -0.2) is 0 Å². The Morgan fingerprint density at radius 3 is 3.00 bits per heavy atom. The summed E-state index contributed by atoms with van der Waals surface area (Å²) in [5.74, 6) is 0.651. The van der Waals surface area contributed by atoms with Crippen molar-refractivity contribution in [3.05, 3.63) is 35.4 Å². The summed E-state index contributed by atoms with van der Waals surface area (Å²) in [5, 5.41) is 9.35. The minimum atomic E-state index is 0.150. The number of allylic oxidation sites excluding steroid dienone is 1. The fourth-order valence-electron chi connectivity index (χ4n) is 2.13. The minimum absolute atomic E-state index is 0.150. The zero-order valence-electron chi connectivity index (χ0n) is 9.44. The third-order valence-corrected chi connectivity index (χ3v) is 3.06. The highest BCUT2D eigenvalue weighted by Crippen LogP contribution is 2.26. The van der Waals surface area contributed by atoms with Crippen molar-refractivity contribution in [1.29, 1.82) is 0 Å². The van der Waals surface area contributed by atoms with Gasteiger partial charge in [0.2, 0.25) is 0 Å². The Morgan fingerprint density at radius 2 is 2.25 bits per heavy atom. The van der Waals surface area contributed by atoms with Gasteiger partial charge in [-0.05, 0) is 48.6 Å². The molecule has 1 fully saturated rings. The van der Waals surface area contributed by atoms with E-state index in [1.54, 1.807) is 18.2 Å². The van der Waals surface area contributed by atoms with Gasteiger partial charge >= 0.3 is 0 Å². The number of aromatic hydroxyl groups is 1. The third kappa shape index (κ3) is 2.32. The Morgan fingerprint density at radius 1 is 1.44 bits per heavy atom. The normalized spacial score (nSPS) is 23.7. The summed E-state index contributed by atoms with van der Waals surface area (Å²) in [5.41, 5.74) is 1.79. The molecule has 1 aromatic carbocycles. The van der Waals surface area contributed by atoms with E-state index in [2.05, 4.69) is 0 Å². The van der Waals surface area contributed by atoms with Crippen molar-refractivity contribution >= 4 is 11.9 Å². The molecule has 0 radical (unpaired) electrons. The van der Waals surface area contributed by atoms with Crippen molar-refractivity contribution in [2.75, 3.05) is 0 Å². The van der Waals surface area contributed by atoms with Gasteiger partial charge in [0.1, 0.15) is 5.75 Å². The lowest BCUT2D eigenvalue weighted by atomic mass is 9.84. The Labute approximate surface area is 95.6 Å². The number of ketones is 1. The molecule has 84 valence electrons. The monoisotopic (exact) mass is 216 g/mol. The van der Waals surface area contributed by atoms with E-state index in [1.165, 1.54) is 0 Å². The molecule has 1 aliphatic rings. The van der Waals surface area contributed by atoms with Crippen LogP contribution in [0.25, 0.3) is 6.08 Å². The number of phenolic OH excluding ortho intramolecular Hbond substituents is 1. The van der Waals surface area contributed by atoms with Gasteiger partial charge in [0.05, 0.1) is 0 Å². The average Bonchev–Trinajstić information content (AvgIpc) is 2.25. The third-order valence-electron chi connectivity index (χ3n) is 3.06. The summed E-state index contributed by atoms with van der Waals surface area (Å²) in [4.78, 5) is 11.9. The summed E-state index contributed by atoms with van der Waals surface area (Å²) >= 11 is 0. The van der Waals surface area contributed by atoms with E-state index in [1.807, 2.05) is 19.1 Å². The van der Waals surface area contributed by atoms with E-state index in [0.29, 0.717) is 0 Å². The lowest BCUT2D eigenvalue weighted by Gasteiger charge is -2.19. The molecule has 1 atom stereocenters. The lowest BCUT2D eigenvalue weighted by Crippen LogP contribution is -2.18. The van der Waals surface area contributed by atoms with Crippen molar-refractivity contribution in [1.82, 2.24) is 0 Å². The van der Waals surface area contributed by atoms with E-state index in [-0.39, 0.29) is 17.5 Å². The van der Waals surface area contributed by atoms with Gasteiger partial charge in [-0.15, -0.1) is 0 Å². The fourth-order valence-corrected chi connectivity index (χ4v) is 2.13. The van der Waals surface area contributed by atoms with Gasteiger partial charge in [-0.3, -0.25) is 4.79 Å². The summed E-state index contributed by atoms with van der Waals surface area (Å²) in [7, 11) is 0. The molecule has 1 aliphatic carbocycles. The number of benzene rings is 1. The van der Waals surface area contributed by atoms with Crippen LogP contribution in [0.2, 0.25) is 0 Å². The maximum atomic E-state index is 11.9. The van der Waals surface area contributed by atoms with Crippen LogP contribution >= 0.6 is 0 Å². The molecule has 1 aromatic rings. The largest absolute Gasteiger partial charge is 0.508 e. The zero-order chi connectivity index (χ0) is 11.5. The first-order valence-corrected chi connectivity index (χ1v) is 5.70. The lowest BCUT2D eigenvalue weighted by molar-refractivity contribution is -0.119. The first kappa shape index (κ1) is 10.9. The molecule has 0 saturated heterocycles. The number of phenols is 1. The molecule has 0 spiro atoms. The standard InChI is InChI=1S/C14H16O2/c1-10-4-2-6-12(14(10)16)8-11-5-3-7-13(15)9-11/h3,5,7-10,15H,2,4,6H2,1H3/b12-8+/t10-/m1/s1. The van der Waals surface area contributed by atoms with Crippen LogP contribution in [0, 0.1) is 5.92 Å². The second kappa shape index (κ2) is 4.52. The van der Waals surface area contributed by atoms with Gasteiger partial charge in [-0.1, -0.05) is 19.1 Å². The summed E-state index contributed by atoms with van der Waals surface area (Å²) in [6, 6.07) is 7.00. The highest BCUT2D eigenvalue weighted by molar-refractivity contribution is 6.01. The van der Waals surface area contributed by atoms with Crippen molar-refractivity contribution in [2.24, 2.45) is 5.92 Å². The molecular formula is C14H16O2. The Kier molecular flexibility index (Phi) is 3.09.